The van der Waals surface area contributed by atoms with E-state index in [0.29, 0.717) is 0 Å². The van der Waals surface area contributed by atoms with Gasteiger partial charge < -0.3 is 14.6 Å². The van der Waals surface area contributed by atoms with Gasteiger partial charge in [0.15, 0.2) is 0 Å². The van der Waals surface area contributed by atoms with Gasteiger partial charge in [0.2, 0.25) is 5.95 Å². The summed E-state index contributed by atoms with van der Waals surface area (Å²) in [5, 5.41) is 3.35. The van der Waals surface area contributed by atoms with E-state index < -0.39 is 0 Å². The van der Waals surface area contributed by atoms with E-state index in [9.17, 15) is 0 Å². The molecule has 5 heteroatoms. The second-order valence-corrected chi connectivity index (χ2v) is 4.71. The van der Waals surface area contributed by atoms with E-state index >= 15 is 0 Å². The Balaban J connectivity index is 2.06. The molecule has 0 aromatic carbocycles. The van der Waals surface area contributed by atoms with Crippen LogP contribution in [-0.2, 0) is 11.3 Å². The molecule has 2 aromatic rings. The monoisotopic (exact) mass is 274 g/mol. The van der Waals surface area contributed by atoms with Gasteiger partial charge in [0.05, 0.1) is 17.1 Å². The van der Waals surface area contributed by atoms with Crippen LogP contribution in [0.2, 0.25) is 0 Å². The summed E-state index contributed by atoms with van der Waals surface area (Å²) in [6, 6.07) is 3.93. The fraction of sp³-hybridized carbons (Fsp3) is 0.467. The molecule has 0 aliphatic carbocycles. The van der Waals surface area contributed by atoms with Gasteiger partial charge in [0.25, 0.3) is 0 Å². The van der Waals surface area contributed by atoms with Crippen LogP contribution < -0.4 is 5.32 Å². The summed E-state index contributed by atoms with van der Waals surface area (Å²) in [6.45, 7) is 8.43. The Labute approximate surface area is 120 Å². The number of pyridine rings is 1. The highest BCUT2D eigenvalue weighted by molar-refractivity contribution is 5.56. The van der Waals surface area contributed by atoms with Crippen LogP contribution in [0.4, 0.5) is 11.6 Å². The Morgan fingerprint density at radius 3 is 2.95 bits per heavy atom. The largest absolute Gasteiger partial charge is 0.382 e. The third-order valence-electron chi connectivity index (χ3n) is 3.04. The number of nitrogens with zero attached hydrogens (tertiary/aromatic N) is 3. The molecule has 108 valence electrons. The number of nitrogens with one attached hydrogen (secondary N) is 1. The van der Waals surface area contributed by atoms with Crippen molar-refractivity contribution < 1.29 is 4.74 Å². The Morgan fingerprint density at radius 1 is 1.35 bits per heavy atom. The van der Waals surface area contributed by atoms with Gasteiger partial charge in [-0.3, -0.25) is 4.98 Å². The van der Waals surface area contributed by atoms with Crippen LogP contribution in [-0.4, -0.2) is 27.7 Å². The van der Waals surface area contributed by atoms with Gasteiger partial charge in [-0.15, -0.1) is 0 Å². The van der Waals surface area contributed by atoms with Crippen molar-refractivity contribution in [1.82, 2.24) is 14.5 Å². The lowest BCUT2D eigenvalue weighted by Gasteiger charge is -2.11. The highest BCUT2D eigenvalue weighted by Crippen LogP contribution is 2.18. The number of anilines is 2. The van der Waals surface area contributed by atoms with E-state index in [2.05, 4.69) is 26.0 Å². The first-order chi connectivity index (χ1) is 9.70. The first kappa shape index (κ1) is 14.5. The third-order valence-corrected chi connectivity index (χ3v) is 3.04. The maximum atomic E-state index is 5.38. The topological polar surface area (TPSA) is 52.0 Å². The molecular formula is C15H22N4O. The maximum absolute atomic E-state index is 5.38. The second-order valence-electron chi connectivity index (χ2n) is 4.71. The molecule has 0 saturated heterocycles. The Morgan fingerprint density at radius 2 is 2.20 bits per heavy atom. The van der Waals surface area contributed by atoms with Gasteiger partial charge in [0.1, 0.15) is 0 Å². The fourth-order valence-corrected chi connectivity index (χ4v) is 2.04. The fourth-order valence-electron chi connectivity index (χ4n) is 2.04. The standard InChI is InChI=1S/C15H22N4O/c1-4-20-10-6-9-19-11-12(2)17-15(19)18-14-7-5-8-16-13(14)3/h5,7-8,11H,4,6,9-10H2,1-3H3,(H,17,18). The molecule has 2 aromatic heterocycles. The van der Waals surface area contributed by atoms with Crippen LogP contribution in [0, 0.1) is 13.8 Å². The number of aromatic nitrogens is 3. The minimum Gasteiger partial charge on any atom is -0.382 e. The van der Waals surface area contributed by atoms with E-state index in [0.717, 1.165) is 49.2 Å². The molecule has 2 rings (SSSR count). The van der Waals surface area contributed by atoms with Crippen molar-refractivity contribution in [3.05, 3.63) is 35.9 Å². The highest BCUT2D eigenvalue weighted by Gasteiger charge is 2.07. The van der Waals surface area contributed by atoms with Crippen LogP contribution in [0.1, 0.15) is 24.7 Å². The van der Waals surface area contributed by atoms with Gasteiger partial charge >= 0.3 is 0 Å². The molecule has 0 saturated carbocycles. The summed E-state index contributed by atoms with van der Waals surface area (Å²) in [7, 11) is 0. The van der Waals surface area contributed by atoms with Gasteiger partial charge in [-0.2, -0.15) is 0 Å². The smallest absolute Gasteiger partial charge is 0.207 e. The van der Waals surface area contributed by atoms with Crippen LogP contribution in [0.5, 0.6) is 0 Å². The number of hydrogen-bond donors (Lipinski definition) is 1. The average Bonchev–Trinajstić information content (AvgIpc) is 2.78. The van der Waals surface area contributed by atoms with E-state index in [1.165, 1.54) is 0 Å². The Bertz CT molecular complexity index is 551. The first-order valence-corrected chi connectivity index (χ1v) is 7.01. The predicted octanol–water partition coefficient (Wildman–Crippen LogP) is 3.07. The van der Waals surface area contributed by atoms with Crippen molar-refractivity contribution in [3.63, 3.8) is 0 Å². The van der Waals surface area contributed by atoms with E-state index in [4.69, 9.17) is 4.74 Å². The van der Waals surface area contributed by atoms with Gasteiger partial charge in [-0.25, -0.2) is 4.98 Å². The van der Waals surface area contributed by atoms with E-state index in [1.807, 2.05) is 32.9 Å². The molecule has 2 heterocycles. The van der Waals surface area contributed by atoms with E-state index in [1.54, 1.807) is 6.20 Å². The lowest BCUT2D eigenvalue weighted by molar-refractivity contribution is 0.142. The molecule has 0 bridgehead atoms. The van der Waals surface area contributed by atoms with Crippen molar-refractivity contribution in [1.29, 1.82) is 0 Å². The summed E-state index contributed by atoms with van der Waals surface area (Å²) in [6.07, 6.45) is 4.82. The van der Waals surface area contributed by atoms with Gasteiger partial charge in [0, 0.05) is 32.2 Å². The van der Waals surface area contributed by atoms with Gasteiger partial charge in [-0.05, 0) is 39.3 Å². The van der Waals surface area contributed by atoms with Crippen molar-refractivity contribution in [2.75, 3.05) is 18.5 Å². The number of imidazole rings is 1. The van der Waals surface area contributed by atoms with Crippen LogP contribution >= 0.6 is 0 Å². The number of aryl methyl sites for hydroxylation is 3. The number of rotatable bonds is 7. The second kappa shape index (κ2) is 7.05. The molecule has 5 nitrogen and oxygen atoms in total. The zero-order valence-electron chi connectivity index (χ0n) is 12.4. The van der Waals surface area contributed by atoms with Crippen molar-refractivity contribution in [2.24, 2.45) is 0 Å². The van der Waals surface area contributed by atoms with Crippen molar-refractivity contribution in [3.8, 4) is 0 Å². The zero-order valence-corrected chi connectivity index (χ0v) is 12.4. The Hall–Kier alpha value is -1.88. The SMILES string of the molecule is CCOCCCn1cc(C)nc1Nc1cccnc1C. The van der Waals surface area contributed by atoms with Crippen LogP contribution in [0.3, 0.4) is 0 Å². The maximum Gasteiger partial charge on any atom is 0.207 e. The molecule has 0 unspecified atom stereocenters. The molecule has 20 heavy (non-hydrogen) atoms. The predicted molar refractivity (Wildman–Crippen MR) is 80.3 cm³/mol. The molecule has 0 fully saturated rings. The number of ether oxygens (including phenoxy) is 1. The van der Waals surface area contributed by atoms with Gasteiger partial charge in [-0.1, -0.05) is 0 Å². The average molecular weight is 274 g/mol. The normalized spacial score (nSPS) is 10.8. The number of hydrogen-bond acceptors (Lipinski definition) is 4. The molecule has 0 amide bonds. The third kappa shape index (κ3) is 3.81. The zero-order chi connectivity index (χ0) is 14.4. The minimum atomic E-state index is 0.767. The molecule has 0 aliphatic heterocycles. The molecule has 1 N–H and O–H groups in total. The lowest BCUT2D eigenvalue weighted by Crippen LogP contribution is -2.06. The quantitative estimate of drug-likeness (QED) is 0.788. The molecule has 0 atom stereocenters. The van der Waals surface area contributed by atoms with E-state index in [-0.39, 0.29) is 0 Å². The summed E-state index contributed by atoms with van der Waals surface area (Å²) >= 11 is 0. The molecule has 0 radical (unpaired) electrons. The molecule has 0 aliphatic rings. The highest BCUT2D eigenvalue weighted by atomic mass is 16.5. The van der Waals surface area contributed by atoms with Crippen LogP contribution in [0.15, 0.2) is 24.5 Å². The van der Waals surface area contributed by atoms with Crippen LogP contribution in [0.25, 0.3) is 0 Å². The summed E-state index contributed by atoms with van der Waals surface area (Å²) in [5.41, 5.74) is 2.96. The molecule has 0 spiro atoms. The Kier molecular flexibility index (Phi) is 5.12. The van der Waals surface area contributed by atoms with Crippen molar-refractivity contribution >= 4 is 11.6 Å². The minimum absolute atomic E-state index is 0.767. The van der Waals surface area contributed by atoms with Crippen molar-refractivity contribution in [2.45, 2.75) is 33.7 Å². The summed E-state index contributed by atoms with van der Waals surface area (Å²) in [4.78, 5) is 8.81. The lowest BCUT2D eigenvalue weighted by atomic mass is 10.3. The molecular weight excluding hydrogens is 252 g/mol. The summed E-state index contributed by atoms with van der Waals surface area (Å²) in [5.74, 6) is 0.857. The first-order valence-electron chi connectivity index (χ1n) is 7.01. The summed E-state index contributed by atoms with van der Waals surface area (Å²) < 4.78 is 7.50.